The van der Waals surface area contributed by atoms with Gasteiger partial charge in [-0.1, -0.05) is 43.2 Å². The third-order valence-corrected chi connectivity index (χ3v) is 3.38. The van der Waals surface area contributed by atoms with Crippen LogP contribution in [-0.4, -0.2) is 19.0 Å². The standard InChI is InChI=1S/C14H21N3O/c1-18-13(11-7-3-2-4-8-11)14(17-15)16-12-9-5-6-10-12/h2-4,7-8,12-13H,5-6,9-10,15H2,1H3,(H,16,17). The summed E-state index contributed by atoms with van der Waals surface area (Å²) < 4.78 is 5.53. The highest BCUT2D eigenvalue weighted by Gasteiger charge is 2.20. The number of methoxy groups -OCH3 is 1. The van der Waals surface area contributed by atoms with Crippen molar-refractivity contribution in [2.75, 3.05) is 7.11 Å². The maximum absolute atomic E-state index is 5.60. The van der Waals surface area contributed by atoms with Gasteiger partial charge in [0.05, 0.1) is 6.04 Å². The first-order chi connectivity index (χ1) is 8.85. The topological polar surface area (TPSA) is 59.6 Å². The summed E-state index contributed by atoms with van der Waals surface area (Å²) in [4.78, 5) is 4.70. The largest absolute Gasteiger partial charge is 0.369 e. The third kappa shape index (κ3) is 3.09. The van der Waals surface area contributed by atoms with Crippen molar-refractivity contribution in [1.82, 2.24) is 5.43 Å². The van der Waals surface area contributed by atoms with Gasteiger partial charge in [0.15, 0.2) is 0 Å². The maximum atomic E-state index is 5.60. The Balaban J connectivity index is 2.18. The number of hydrazine groups is 1. The van der Waals surface area contributed by atoms with Gasteiger partial charge in [0.2, 0.25) is 0 Å². The highest BCUT2D eigenvalue weighted by molar-refractivity contribution is 5.87. The van der Waals surface area contributed by atoms with Crippen molar-refractivity contribution < 1.29 is 4.74 Å². The summed E-state index contributed by atoms with van der Waals surface area (Å²) in [5.74, 6) is 6.32. The molecule has 0 radical (unpaired) electrons. The predicted octanol–water partition coefficient (Wildman–Crippen LogP) is 2.18. The number of nitrogens with one attached hydrogen (secondary N) is 1. The highest BCUT2D eigenvalue weighted by Crippen LogP contribution is 2.23. The molecule has 1 aliphatic rings. The first kappa shape index (κ1) is 13.1. The molecule has 0 heterocycles. The molecule has 1 fully saturated rings. The fraction of sp³-hybridized carbons (Fsp3) is 0.500. The van der Waals surface area contributed by atoms with Crippen molar-refractivity contribution in [1.29, 1.82) is 0 Å². The second-order valence-electron chi connectivity index (χ2n) is 4.62. The second-order valence-corrected chi connectivity index (χ2v) is 4.62. The third-order valence-electron chi connectivity index (χ3n) is 3.38. The molecular weight excluding hydrogens is 226 g/mol. The first-order valence-electron chi connectivity index (χ1n) is 6.47. The zero-order valence-corrected chi connectivity index (χ0v) is 10.8. The van der Waals surface area contributed by atoms with E-state index in [0.717, 1.165) is 24.2 Å². The minimum absolute atomic E-state index is 0.211. The molecule has 0 aliphatic heterocycles. The minimum Gasteiger partial charge on any atom is -0.369 e. The number of hydrogen-bond donors (Lipinski definition) is 2. The molecule has 1 aromatic carbocycles. The van der Waals surface area contributed by atoms with Gasteiger partial charge in [-0.3, -0.25) is 4.99 Å². The lowest BCUT2D eigenvalue weighted by molar-refractivity contribution is 0.154. The molecule has 0 saturated heterocycles. The molecule has 1 atom stereocenters. The number of rotatable bonds is 4. The summed E-state index contributed by atoms with van der Waals surface area (Å²) in [5.41, 5.74) is 3.77. The van der Waals surface area contributed by atoms with Crippen molar-refractivity contribution in [2.45, 2.75) is 37.8 Å². The second kappa shape index (κ2) is 6.52. The number of ether oxygens (including phenoxy) is 1. The van der Waals surface area contributed by atoms with Crippen LogP contribution in [0.2, 0.25) is 0 Å². The van der Waals surface area contributed by atoms with Gasteiger partial charge in [0.25, 0.3) is 0 Å². The number of nitrogens with zero attached hydrogens (tertiary/aromatic N) is 1. The monoisotopic (exact) mass is 247 g/mol. The van der Waals surface area contributed by atoms with Gasteiger partial charge in [-0.05, 0) is 18.4 Å². The van der Waals surface area contributed by atoms with Crippen LogP contribution in [0.25, 0.3) is 0 Å². The fourth-order valence-electron chi connectivity index (χ4n) is 2.44. The van der Waals surface area contributed by atoms with Crippen LogP contribution in [0.5, 0.6) is 0 Å². The Morgan fingerprint density at radius 3 is 2.56 bits per heavy atom. The Bertz CT molecular complexity index is 385. The van der Waals surface area contributed by atoms with E-state index in [-0.39, 0.29) is 6.10 Å². The first-order valence-corrected chi connectivity index (χ1v) is 6.47. The molecule has 1 saturated carbocycles. The molecule has 0 amide bonds. The summed E-state index contributed by atoms with van der Waals surface area (Å²) in [6.45, 7) is 0. The molecule has 18 heavy (non-hydrogen) atoms. The molecule has 3 N–H and O–H groups in total. The van der Waals surface area contributed by atoms with E-state index < -0.39 is 0 Å². The Labute approximate surface area is 108 Å². The van der Waals surface area contributed by atoms with Gasteiger partial charge in [0.1, 0.15) is 11.9 Å². The molecule has 1 unspecified atom stereocenters. The van der Waals surface area contributed by atoms with E-state index in [2.05, 4.69) is 5.43 Å². The lowest BCUT2D eigenvalue weighted by Gasteiger charge is -2.19. The molecule has 1 aromatic rings. The predicted molar refractivity (Wildman–Crippen MR) is 73.2 cm³/mol. The fourth-order valence-corrected chi connectivity index (χ4v) is 2.44. The van der Waals surface area contributed by atoms with Gasteiger partial charge < -0.3 is 10.2 Å². The average Bonchev–Trinajstić information content (AvgIpc) is 2.92. The highest BCUT2D eigenvalue weighted by atomic mass is 16.5. The van der Waals surface area contributed by atoms with Gasteiger partial charge in [-0.25, -0.2) is 5.84 Å². The Morgan fingerprint density at radius 2 is 2.00 bits per heavy atom. The minimum atomic E-state index is -0.211. The van der Waals surface area contributed by atoms with E-state index in [1.165, 1.54) is 12.8 Å². The zero-order valence-electron chi connectivity index (χ0n) is 10.8. The molecule has 0 bridgehead atoms. The molecular formula is C14H21N3O. The Kier molecular flexibility index (Phi) is 4.73. The van der Waals surface area contributed by atoms with E-state index in [1.54, 1.807) is 7.11 Å². The van der Waals surface area contributed by atoms with E-state index in [0.29, 0.717) is 6.04 Å². The maximum Gasteiger partial charge on any atom is 0.145 e. The van der Waals surface area contributed by atoms with E-state index in [1.807, 2.05) is 30.3 Å². The summed E-state index contributed by atoms with van der Waals surface area (Å²) in [6.07, 6.45) is 4.60. The van der Waals surface area contributed by atoms with E-state index in [9.17, 15) is 0 Å². The van der Waals surface area contributed by atoms with Gasteiger partial charge in [-0.15, -0.1) is 0 Å². The van der Waals surface area contributed by atoms with Crippen molar-refractivity contribution in [3.05, 3.63) is 35.9 Å². The zero-order chi connectivity index (χ0) is 12.8. The lowest BCUT2D eigenvalue weighted by Crippen LogP contribution is -2.36. The van der Waals surface area contributed by atoms with Crippen molar-refractivity contribution in [3.63, 3.8) is 0 Å². The number of aliphatic imine (C=N–C) groups is 1. The summed E-state index contributed by atoms with van der Waals surface area (Å²) >= 11 is 0. The van der Waals surface area contributed by atoms with Gasteiger partial charge >= 0.3 is 0 Å². The quantitative estimate of drug-likeness (QED) is 0.371. The molecule has 98 valence electrons. The number of hydrogen-bond acceptors (Lipinski definition) is 3. The molecule has 4 nitrogen and oxygen atoms in total. The van der Waals surface area contributed by atoms with Crippen LogP contribution in [0, 0.1) is 0 Å². The summed E-state index contributed by atoms with van der Waals surface area (Å²) in [6, 6.07) is 10.4. The molecule has 4 heteroatoms. The van der Waals surface area contributed by atoms with Crippen LogP contribution in [0.3, 0.4) is 0 Å². The Hall–Kier alpha value is -1.39. The van der Waals surface area contributed by atoms with Crippen LogP contribution >= 0.6 is 0 Å². The van der Waals surface area contributed by atoms with Crippen LogP contribution in [0.4, 0.5) is 0 Å². The summed E-state index contributed by atoms with van der Waals surface area (Å²) in [5, 5.41) is 0. The molecule has 2 rings (SSSR count). The van der Waals surface area contributed by atoms with E-state index in [4.69, 9.17) is 15.6 Å². The van der Waals surface area contributed by atoms with Crippen LogP contribution in [-0.2, 0) is 4.74 Å². The average molecular weight is 247 g/mol. The number of benzene rings is 1. The van der Waals surface area contributed by atoms with E-state index >= 15 is 0 Å². The van der Waals surface area contributed by atoms with Crippen molar-refractivity contribution in [2.24, 2.45) is 10.8 Å². The van der Waals surface area contributed by atoms with Crippen LogP contribution in [0.15, 0.2) is 35.3 Å². The van der Waals surface area contributed by atoms with Crippen LogP contribution in [0.1, 0.15) is 37.4 Å². The SMILES string of the molecule is COC(C(=NC1CCCC1)NN)c1ccccc1. The number of amidine groups is 1. The smallest absolute Gasteiger partial charge is 0.145 e. The van der Waals surface area contributed by atoms with Gasteiger partial charge in [-0.2, -0.15) is 0 Å². The Morgan fingerprint density at radius 1 is 1.33 bits per heavy atom. The van der Waals surface area contributed by atoms with Crippen molar-refractivity contribution >= 4 is 5.84 Å². The molecule has 1 aliphatic carbocycles. The van der Waals surface area contributed by atoms with Crippen LogP contribution < -0.4 is 11.3 Å². The molecule has 0 aromatic heterocycles. The lowest BCUT2D eigenvalue weighted by atomic mass is 10.1. The molecule has 0 spiro atoms. The summed E-state index contributed by atoms with van der Waals surface area (Å²) in [7, 11) is 1.68. The van der Waals surface area contributed by atoms with Gasteiger partial charge in [0, 0.05) is 7.11 Å². The number of nitrogens with two attached hydrogens (primary N) is 1. The normalized spacial score (nSPS) is 18.9. The van der Waals surface area contributed by atoms with Crippen molar-refractivity contribution in [3.8, 4) is 0 Å².